The summed E-state index contributed by atoms with van der Waals surface area (Å²) in [6.07, 6.45) is 4.32. The summed E-state index contributed by atoms with van der Waals surface area (Å²) in [5.41, 5.74) is 1.87. The van der Waals surface area contributed by atoms with Gasteiger partial charge in [0.1, 0.15) is 5.69 Å². The Morgan fingerprint density at radius 2 is 2.05 bits per heavy atom. The molecular weight excluding hydrogens is 256 g/mol. The minimum Gasteiger partial charge on any atom is -0.478 e. The number of aliphatic carboxylic acids is 1. The second-order valence-corrected chi connectivity index (χ2v) is 4.26. The van der Waals surface area contributed by atoms with Crippen molar-refractivity contribution in [3.8, 4) is 0 Å². The summed E-state index contributed by atoms with van der Waals surface area (Å²) in [6.45, 7) is 0. The van der Waals surface area contributed by atoms with E-state index in [1.807, 2.05) is 0 Å². The predicted octanol–water partition coefficient (Wildman–Crippen LogP) is 2.38. The largest absolute Gasteiger partial charge is 0.478 e. The van der Waals surface area contributed by atoms with Gasteiger partial charge in [0.05, 0.1) is 0 Å². The zero-order valence-electron chi connectivity index (χ0n) is 10.9. The molecule has 102 valence electrons. The molecule has 0 aliphatic heterocycles. The average Bonchev–Trinajstić information content (AvgIpc) is 2.83. The van der Waals surface area contributed by atoms with Crippen molar-refractivity contribution >= 4 is 23.6 Å². The third-order valence-corrected chi connectivity index (χ3v) is 2.74. The normalized spacial score (nSPS) is 10.7. The maximum Gasteiger partial charge on any atom is 0.328 e. The van der Waals surface area contributed by atoms with E-state index in [0.717, 1.165) is 6.08 Å². The van der Waals surface area contributed by atoms with Crippen LogP contribution in [0.25, 0.3) is 6.08 Å². The van der Waals surface area contributed by atoms with Crippen LogP contribution in [-0.2, 0) is 11.8 Å². The molecule has 1 amide bonds. The lowest BCUT2D eigenvalue weighted by atomic mass is 10.2. The van der Waals surface area contributed by atoms with Gasteiger partial charge in [-0.25, -0.2) is 4.79 Å². The fraction of sp³-hybridized carbons (Fsp3) is 0.0667. The van der Waals surface area contributed by atoms with E-state index in [2.05, 4.69) is 5.32 Å². The van der Waals surface area contributed by atoms with Crippen LogP contribution >= 0.6 is 0 Å². The molecule has 1 aromatic heterocycles. The van der Waals surface area contributed by atoms with Crippen molar-refractivity contribution in [2.75, 3.05) is 5.32 Å². The Morgan fingerprint density at radius 1 is 1.25 bits per heavy atom. The molecule has 0 saturated heterocycles. The molecule has 0 bridgehead atoms. The first-order valence-corrected chi connectivity index (χ1v) is 6.00. The maximum atomic E-state index is 12.0. The van der Waals surface area contributed by atoms with Crippen molar-refractivity contribution in [3.63, 3.8) is 0 Å². The fourth-order valence-electron chi connectivity index (χ4n) is 1.78. The topological polar surface area (TPSA) is 71.3 Å². The Hall–Kier alpha value is -2.82. The smallest absolute Gasteiger partial charge is 0.328 e. The number of hydrogen-bond donors (Lipinski definition) is 2. The van der Waals surface area contributed by atoms with E-state index in [0.29, 0.717) is 16.9 Å². The minimum absolute atomic E-state index is 0.211. The van der Waals surface area contributed by atoms with Crippen LogP contribution in [-0.4, -0.2) is 21.6 Å². The van der Waals surface area contributed by atoms with Gasteiger partial charge >= 0.3 is 5.97 Å². The molecule has 1 heterocycles. The monoisotopic (exact) mass is 270 g/mol. The van der Waals surface area contributed by atoms with Crippen molar-refractivity contribution < 1.29 is 14.7 Å². The number of carbonyl (C=O) groups excluding carboxylic acids is 1. The molecule has 0 spiro atoms. The number of hydrogen-bond acceptors (Lipinski definition) is 2. The molecule has 0 fully saturated rings. The van der Waals surface area contributed by atoms with Crippen LogP contribution in [0, 0.1) is 0 Å². The minimum atomic E-state index is -1.01. The van der Waals surface area contributed by atoms with Crippen molar-refractivity contribution in [3.05, 3.63) is 59.9 Å². The van der Waals surface area contributed by atoms with Crippen molar-refractivity contribution in [2.24, 2.45) is 7.05 Å². The fourth-order valence-corrected chi connectivity index (χ4v) is 1.78. The lowest BCUT2D eigenvalue weighted by Gasteiger charge is -2.06. The van der Waals surface area contributed by atoms with Crippen molar-refractivity contribution in [1.29, 1.82) is 0 Å². The number of benzene rings is 1. The van der Waals surface area contributed by atoms with Crippen LogP contribution in [0.5, 0.6) is 0 Å². The van der Waals surface area contributed by atoms with Crippen LogP contribution in [0.3, 0.4) is 0 Å². The maximum absolute atomic E-state index is 12.0. The quantitative estimate of drug-likeness (QED) is 0.838. The Balaban J connectivity index is 2.14. The molecule has 20 heavy (non-hydrogen) atoms. The van der Waals surface area contributed by atoms with Gasteiger partial charge in [0.15, 0.2) is 0 Å². The van der Waals surface area contributed by atoms with Crippen LogP contribution in [0.15, 0.2) is 48.7 Å². The summed E-state index contributed by atoms with van der Waals surface area (Å²) < 4.78 is 1.73. The Labute approximate surface area is 116 Å². The second-order valence-electron chi connectivity index (χ2n) is 4.26. The molecule has 0 unspecified atom stereocenters. The van der Waals surface area contributed by atoms with Gasteiger partial charge in [-0.15, -0.1) is 0 Å². The number of aromatic nitrogens is 1. The molecule has 0 aliphatic rings. The highest BCUT2D eigenvalue weighted by Gasteiger charge is 2.08. The molecule has 0 saturated carbocycles. The highest BCUT2D eigenvalue weighted by atomic mass is 16.4. The standard InChI is InChI=1S/C15H14N2O3/c1-17-9-3-6-13(17)15(20)16-12-5-2-4-11(10-12)7-8-14(18)19/h2-10H,1H3,(H,16,20)(H,18,19)/b8-7+. The molecule has 5 heteroatoms. The molecule has 0 radical (unpaired) electrons. The summed E-state index contributed by atoms with van der Waals surface area (Å²) in [7, 11) is 1.79. The van der Waals surface area contributed by atoms with Gasteiger partial charge in [0.2, 0.25) is 0 Å². The lowest BCUT2D eigenvalue weighted by Crippen LogP contribution is -2.15. The van der Waals surface area contributed by atoms with E-state index >= 15 is 0 Å². The molecular formula is C15H14N2O3. The van der Waals surface area contributed by atoms with Crippen LogP contribution in [0.2, 0.25) is 0 Å². The van der Waals surface area contributed by atoms with Gasteiger partial charge in [0.25, 0.3) is 5.91 Å². The van der Waals surface area contributed by atoms with Gasteiger partial charge in [-0.1, -0.05) is 12.1 Å². The van der Waals surface area contributed by atoms with Gasteiger partial charge < -0.3 is 15.0 Å². The summed E-state index contributed by atoms with van der Waals surface area (Å²) in [6, 6.07) is 10.5. The third-order valence-electron chi connectivity index (χ3n) is 2.74. The Morgan fingerprint density at radius 3 is 2.70 bits per heavy atom. The van der Waals surface area contributed by atoms with Gasteiger partial charge in [-0.3, -0.25) is 4.79 Å². The van der Waals surface area contributed by atoms with Crippen LogP contribution < -0.4 is 5.32 Å². The van der Waals surface area contributed by atoms with Crippen LogP contribution in [0.1, 0.15) is 16.1 Å². The first kappa shape index (κ1) is 13.6. The SMILES string of the molecule is Cn1cccc1C(=O)Nc1cccc(/C=C/C(=O)O)c1. The van der Waals surface area contributed by atoms with Gasteiger partial charge in [0, 0.05) is 25.0 Å². The van der Waals surface area contributed by atoms with Crippen molar-refractivity contribution in [1.82, 2.24) is 4.57 Å². The third kappa shape index (κ3) is 3.35. The molecule has 2 rings (SSSR count). The summed E-state index contributed by atoms with van der Waals surface area (Å²) in [5.74, 6) is -1.22. The molecule has 2 N–H and O–H groups in total. The van der Waals surface area contributed by atoms with Gasteiger partial charge in [-0.2, -0.15) is 0 Å². The first-order valence-electron chi connectivity index (χ1n) is 6.00. The molecule has 1 aromatic carbocycles. The first-order chi connectivity index (χ1) is 9.56. The lowest BCUT2D eigenvalue weighted by molar-refractivity contribution is -0.131. The Kier molecular flexibility index (Phi) is 4.00. The van der Waals surface area contributed by atoms with E-state index in [9.17, 15) is 9.59 Å². The molecule has 0 aliphatic carbocycles. The van der Waals surface area contributed by atoms with E-state index in [1.165, 1.54) is 6.08 Å². The van der Waals surface area contributed by atoms with E-state index in [4.69, 9.17) is 5.11 Å². The molecule has 5 nitrogen and oxygen atoms in total. The van der Waals surface area contributed by atoms with E-state index in [1.54, 1.807) is 54.2 Å². The van der Waals surface area contributed by atoms with Crippen LogP contribution in [0.4, 0.5) is 5.69 Å². The Bertz CT molecular complexity index is 671. The molecule has 0 atom stereocenters. The number of carbonyl (C=O) groups is 2. The number of nitrogens with zero attached hydrogens (tertiary/aromatic N) is 1. The number of anilines is 1. The summed E-state index contributed by atoms with van der Waals surface area (Å²) in [5, 5.41) is 11.4. The number of carboxylic acids is 1. The van der Waals surface area contributed by atoms with Gasteiger partial charge in [-0.05, 0) is 35.9 Å². The zero-order chi connectivity index (χ0) is 14.5. The zero-order valence-corrected chi connectivity index (χ0v) is 10.9. The summed E-state index contributed by atoms with van der Waals surface area (Å²) in [4.78, 5) is 22.5. The van der Waals surface area contributed by atoms with E-state index in [-0.39, 0.29) is 5.91 Å². The highest BCUT2D eigenvalue weighted by Crippen LogP contribution is 2.13. The number of nitrogens with one attached hydrogen (secondary N) is 1. The highest BCUT2D eigenvalue weighted by molar-refractivity contribution is 6.03. The summed E-state index contributed by atoms with van der Waals surface area (Å²) >= 11 is 0. The predicted molar refractivity (Wildman–Crippen MR) is 76.5 cm³/mol. The number of rotatable bonds is 4. The second kappa shape index (κ2) is 5.88. The van der Waals surface area contributed by atoms with E-state index < -0.39 is 5.97 Å². The molecule has 2 aromatic rings. The number of amides is 1. The number of carboxylic acid groups (broad SMARTS) is 1. The van der Waals surface area contributed by atoms with Crippen molar-refractivity contribution in [2.45, 2.75) is 0 Å². The average molecular weight is 270 g/mol. The number of aryl methyl sites for hydroxylation is 1.